The van der Waals surface area contributed by atoms with Gasteiger partial charge in [0.05, 0.1) is 0 Å². The molecule has 3 heteroatoms. The Morgan fingerprint density at radius 3 is 2.70 bits per heavy atom. The molecule has 0 aliphatic rings. The van der Waals surface area contributed by atoms with Crippen molar-refractivity contribution in [2.75, 3.05) is 13.6 Å². The number of carboxylic acid groups (broad SMARTS) is 1. The molecule has 0 atom stereocenters. The smallest absolute Gasteiger partial charge is 0.329 e. The largest absolute Gasteiger partial charge is 0.478 e. The maximum absolute atomic E-state index is 9.99. The Bertz CT molecular complexity index is 132. The number of hydrogen-bond donors (Lipinski definition) is 1. The standard InChI is InChI=1S/C7H13NO2/c1-3-5-8(2)6-4-7(9)10/h4,6H,3,5H2,1-2H3,(H,9,10). The van der Waals surface area contributed by atoms with Gasteiger partial charge in [-0.15, -0.1) is 0 Å². The van der Waals surface area contributed by atoms with E-state index in [1.807, 2.05) is 18.9 Å². The van der Waals surface area contributed by atoms with E-state index in [0.29, 0.717) is 0 Å². The highest BCUT2D eigenvalue weighted by atomic mass is 16.4. The van der Waals surface area contributed by atoms with Crippen molar-refractivity contribution in [3.8, 4) is 0 Å². The first-order valence-corrected chi connectivity index (χ1v) is 3.28. The minimum Gasteiger partial charge on any atom is -0.478 e. The fourth-order valence-electron chi connectivity index (χ4n) is 0.618. The molecule has 0 aliphatic heterocycles. The van der Waals surface area contributed by atoms with Crippen molar-refractivity contribution >= 4 is 5.97 Å². The summed E-state index contributed by atoms with van der Waals surface area (Å²) in [7, 11) is 1.85. The van der Waals surface area contributed by atoms with Gasteiger partial charge in [-0.25, -0.2) is 4.79 Å². The van der Waals surface area contributed by atoms with Gasteiger partial charge in [0.15, 0.2) is 0 Å². The molecule has 0 saturated carbocycles. The number of aliphatic carboxylic acids is 1. The van der Waals surface area contributed by atoms with E-state index >= 15 is 0 Å². The molecule has 0 spiro atoms. The lowest BCUT2D eigenvalue weighted by Crippen LogP contribution is -2.11. The lowest BCUT2D eigenvalue weighted by atomic mass is 10.4. The van der Waals surface area contributed by atoms with Crippen molar-refractivity contribution in [1.29, 1.82) is 0 Å². The summed E-state index contributed by atoms with van der Waals surface area (Å²) >= 11 is 0. The zero-order valence-electron chi connectivity index (χ0n) is 6.37. The number of hydrogen-bond acceptors (Lipinski definition) is 2. The molecule has 0 aliphatic carbocycles. The summed E-state index contributed by atoms with van der Waals surface area (Å²) in [5.41, 5.74) is 0. The van der Waals surface area contributed by atoms with Gasteiger partial charge in [-0.3, -0.25) is 0 Å². The molecule has 0 bridgehead atoms. The summed E-state index contributed by atoms with van der Waals surface area (Å²) in [6.45, 7) is 2.94. The molecule has 0 rings (SSSR count). The van der Waals surface area contributed by atoms with Gasteiger partial charge < -0.3 is 10.0 Å². The van der Waals surface area contributed by atoms with Crippen molar-refractivity contribution in [1.82, 2.24) is 4.90 Å². The number of rotatable bonds is 4. The molecular formula is C7H13NO2. The zero-order chi connectivity index (χ0) is 7.98. The molecule has 0 aromatic heterocycles. The van der Waals surface area contributed by atoms with Crippen LogP contribution in [0.5, 0.6) is 0 Å². The van der Waals surface area contributed by atoms with Crippen LogP contribution in [0.2, 0.25) is 0 Å². The second-order valence-electron chi connectivity index (χ2n) is 2.13. The van der Waals surface area contributed by atoms with Crippen LogP contribution in [0.3, 0.4) is 0 Å². The van der Waals surface area contributed by atoms with Crippen molar-refractivity contribution in [3.63, 3.8) is 0 Å². The van der Waals surface area contributed by atoms with E-state index in [9.17, 15) is 4.79 Å². The van der Waals surface area contributed by atoms with Crippen LogP contribution < -0.4 is 0 Å². The van der Waals surface area contributed by atoms with E-state index in [1.54, 1.807) is 6.20 Å². The molecule has 58 valence electrons. The van der Waals surface area contributed by atoms with Gasteiger partial charge in [-0.05, 0) is 6.42 Å². The Morgan fingerprint density at radius 2 is 2.30 bits per heavy atom. The summed E-state index contributed by atoms with van der Waals surface area (Å²) in [4.78, 5) is 11.8. The number of nitrogens with zero attached hydrogens (tertiary/aromatic N) is 1. The second-order valence-corrected chi connectivity index (χ2v) is 2.13. The third-order valence-electron chi connectivity index (χ3n) is 1.05. The molecule has 10 heavy (non-hydrogen) atoms. The molecule has 0 saturated heterocycles. The van der Waals surface area contributed by atoms with Gasteiger partial charge in [0.2, 0.25) is 0 Å². The van der Waals surface area contributed by atoms with E-state index in [2.05, 4.69) is 0 Å². The molecule has 0 unspecified atom stereocenters. The minimum atomic E-state index is -0.900. The van der Waals surface area contributed by atoms with E-state index in [-0.39, 0.29) is 0 Å². The lowest BCUT2D eigenvalue weighted by molar-refractivity contribution is -0.131. The van der Waals surface area contributed by atoms with Gasteiger partial charge >= 0.3 is 5.97 Å². The highest BCUT2D eigenvalue weighted by Gasteiger charge is 1.88. The van der Waals surface area contributed by atoms with Gasteiger partial charge in [0, 0.05) is 25.9 Å². The molecule has 1 N–H and O–H groups in total. The van der Waals surface area contributed by atoms with Crippen LogP contribution in [0.1, 0.15) is 13.3 Å². The predicted octanol–water partition coefficient (Wildman–Crippen LogP) is 0.926. The summed E-state index contributed by atoms with van der Waals surface area (Å²) in [5.74, 6) is -0.900. The van der Waals surface area contributed by atoms with E-state index < -0.39 is 5.97 Å². The quantitative estimate of drug-likeness (QED) is 0.595. The van der Waals surface area contributed by atoms with E-state index in [0.717, 1.165) is 19.0 Å². The molecule has 0 fully saturated rings. The van der Waals surface area contributed by atoms with Crippen molar-refractivity contribution in [2.45, 2.75) is 13.3 Å². The highest BCUT2D eigenvalue weighted by Crippen LogP contribution is 1.86. The Kier molecular flexibility index (Phi) is 4.37. The van der Waals surface area contributed by atoms with Crippen molar-refractivity contribution in [3.05, 3.63) is 12.3 Å². The van der Waals surface area contributed by atoms with Crippen LogP contribution >= 0.6 is 0 Å². The first kappa shape index (κ1) is 9.01. The zero-order valence-corrected chi connectivity index (χ0v) is 6.37. The summed E-state index contributed by atoms with van der Waals surface area (Å²) < 4.78 is 0. The van der Waals surface area contributed by atoms with Crippen LogP contribution in [0.25, 0.3) is 0 Å². The maximum Gasteiger partial charge on any atom is 0.329 e. The molecule has 0 aromatic rings. The third-order valence-corrected chi connectivity index (χ3v) is 1.05. The van der Waals surface area contributed by atoms with Gasteiger partial charge in [-0.2, -0.15) is 0 Å². The molecular weight excluding hydrogens is 130 g/mol. The Morgan fingerprint density at radius 1 is 1.70 bits per heavy atom. The third kappa shape index (κ3) is 5.15. The highest BCUT2D eigenvalue weighted by molar-refractivity contribution is 5.79. The van der Waals surface area contributed by atoms with Crippen molar-refractivity contribution in [2.24, 2.45) is 0 Å². The van der Waals surface area contributed by atoms with E-state index in [1.165, 1.54) is 0 Å². The topological polar surface area (TPSA) is 40.5 Å². The minimum absolute atomic E-state index is 0.893. The summed E-state index contributed by atoms with van der Waals surface area (Å²) in [5, 5.41) is 8.22. The van der Waals surface area contributed by atoms with Crippen LogP contribution in [0.15, 0.2) is 12.3 Å². The van der Waals surface area contributed by atoms with Gasteiger partial charge in [-0.1, -0.05) is 6.92 Å². The fourth-order valence-corrected chi connectivity index (χ4v) is 0.618. The number of carbonyl (C=O) groups is 1. The van der Waals surface area contributed by atoms with Crippen LogP contribution in [-0.4, -0.2) is 29.6 Å². The second kappa shape index (κ2) is 4.85. The fraction of sp³-hybridized carbons (Fsp3) is 0.571. The van der Waals surface area contributed by atoms with Crippen LogP contribution in [0, 0.1) is 0 Å². The first-order valence-electron chi connectivity index (χ1n) is 3.28. The van der Waals surface area contributed by atoms with Crippen LogP contribution in [0.4, 0.5) is 0 Å². The number of carboxylic acids is 1. The van der Waals surface area contributed by atoms with Crippen molar-refractivity contribution < 1.29 is 9.90 Å². The maximum atomic E-state index is 9.99. The lowest BCUT2D eigenvalue weighted by Gasteiger charge is -2.10. The Labute approximate surface area is 61.0 Å². The van der Waals surface area contributed by atoms with Gasteiger partial charge in [0.1, 0.15) is 0 Å². The first-order chi connectivity index (χ1) is 4.66. The molecule has 0 amide bonds. The molecule has 0 radical (unpaired) electrons. The average Bonchev–Trinajstić information content (AvgIpc) is 1.85. The Hall–Kier alpha value is -0.990. The van der Waals surface area contributed by atoms with Crippen LogP contribution in [-0.2, 0) is 4.79 Å². The molecule has 0 aromatic carbocycles. The molecule has 0 heterocycles. The summed E-state index contributed by atoms with van der Waals surface area (Å²) in [6.07, 6.45) is 3.72. The van der Waals surface area contributed by atoms with E-state index in [4.69, 9.17) is 5.11 Å². The van der Waals surface area contributed by atoms with Gasteiger partial charge in [0.25, 0.3) is 0 Å². The predicted molar refractivity (Wildman–Crippen MR) is 39.7 cm³/mol. The molecule has 3 nitrogen and oxygen atoms in total. The Balaban J connectivity index is 3.55. The average molecular weight is 143 g/mol. The monoisotopic (exact) mass is 143 g/mol. The summed E-state index contributed by atoms with van der Waals surface area (Å²) in [6, 6.07) is 0. The normalized spacial score (nSPS) is 10.2. The SMILES string of the molecule is CCCN(C)C=CC(=O)O.